The van der Waals surface area contributed by atoms with Gasteiger partial charge in [0.1, 0.15) is 5.78 Å². The second kappa shape index (κ2) is 6.75. The first-order chi connectivity index (χ1) is 10.1. The fourth-order valence-electron chi connectivity index (χ4n) is 2.22. The van der Waals surface area contributed by atoms with Gasteiger partial charge in [-0.25, -0.2) is 0 Å². The first kappa shape index (κ1) is 14.9. The average molecular weight is 280 g/mol. The van der Waals surface area contributed by atoms with E-state index in [0.29, 0.717) is 11.1 Å². The Kier molecular flexibility index (Phi) is 4.77. The topological polar surface area (TPSA) is 51.2 Å². The summed E-state index contributed by atoms with van der Waals surface area (Å²) in [5.74, 6) is -1.91. The van der Waals surface area contributed by atoms with E-state index in [1.165, 1.54) is 6.92 Å². The molecule has 0 aromatic heterocycles. The van der Waals surface area contributed by atoms with Gasteiger partial charge in [-0.2, -0.15) is 0 Å². The zero-order valence-electron chi connectivity index (χ0n) is 11.8. The molecule has 0 aliphatic carbocycles. The molecule has 0 saturated heterocycles. The molecule has 0 saturated carbocycles. The van der Waals surface area contributed by atoms with E-state index < -0.39 is 17.5 Å². The number of hydrogen-bond acceptors (Lipinski definition) is 3. The number of carbonyl (C=O) groups is 3. The predicted molar refractivity (Wildman–Crippen MR) is 80.3 cm³/mol. The van der Waals surface area contributed by atoms with Crippen molar-refractivity contribution in [3.63, 3.8) is 0 Å². The van der Waals surface area contributed by atoms with Gasteiger partial charge in [0.15, 0.2) is 0 Å². The van der Waals surface area contributed by atoms with Crippen LogP contribution in [-0.4, -0.2) is 17.3 Å². The Morgan fingerprint density at radius 2 is 1.38 bits per heavy atom. The van der Waals surface area contributed by atoms with Crippen molar-refractivity contribution >= 4 is 17.3 Å². The van der Waals surface area contributed by atoms with Crippen molar-refractivity contribution in [2.75, 3.05) is 0 Å². The third-order valence-corrected chi connectivity index (χ3v) is 3.27. The number of hydrogen-bond donors (Lipinski definition) is 0. The fourth-order valence-corrected chi connectivity index (χ4v) is 2.22. The smallest absolute Gasteiger partial charge is 0.229 e. The molecule has 2 rings (SSSR count). The number of ketones is 3. The van der Waals surface area contributed by atoms with Gasteiger partial charge in [-0.15, -0.1) is 0 Å². The molecule has 0 aliphatic rings. The maximum atomic E-state index is 12.5. The molecule has 0 amide bonds. The van der Waals surface area contributed by atoms with Crippen LogP contribution in [0.2, 0.25) is 0 Å². The highest BCUT2D eigenvalue weighted by atomic mass is 16.2. The van der Waals surface area contributed by atoms with Crippen molar-refractivity contribution in [2.45, 2.75) is 19.3 Å². The highest BCUT2D eigenvalue weighted by Gasteiger charge is 2.28. The predicted octanol–water partition coefficient (Wildman–Crippen LogP) is 3.20. The van der Waals surface area contributed by atoms with Crippen molar-refractivity contribution < 1.29 is 14.4 Å². The van der Waals surface area contributed by atoms with E-state index in [2.05, 4.69) is 0 Å². The van der Waals surface area contributed by atoms with Crippen molar-refractivity contribution in [1.29, 1.82) is 0 Å². The Morgan fingerprint density at radius 3 is 1.90 bits per heavy atom. The van der Waals surface area contributed by atoms with Gasteiger partial charge in [-0.05, 0) is 12.5 Å². The highest BCUT2D eigenvalue weighted by molar-refractivity contribution is 6.45. The van der Waals surface area contributed by atoms with Crippen LogP contribution in [0, 0.1) is 0 Å². The van der Waals surface area contributed by atoms with Crippen LogP contribution in [0.3, 0.4) is 0 Å². The van der Waals surface area contributed by atoms with Gasteiger partial charge < -0.3 is 0 Å². The van der Waals surface area contributed by atoms with Gasteiger partial charge in [0, 0.05) is 12.0 Å². The molecule has 106 valence electrons. The van der Waals surface area contributed by atoms with Crippen LogP contribution >= 0.6 is 0 Å². The van der Waals surface area contributed by atoms with E-state index in [9.17, 15) is 14.4 Å². The zero-order valence-corrected chi connectivity index (χ0v) is 11.8. The molecule has 1 atom stereocenters. The third kappa shape index (κ3) is 3.72. The Hall–Kier alpha value is -2.55. The first-order valence-electron chi connectivity index (χ1n) is 6.77. The van der Waals surface area contributed by atoms with Gasteiger partial charge in [-0.1, -0.05) is 60.7 Å². The molecule has 0 bridgehead atoms. The number of benzene rings is 2. The highest BCUT2D eigenvalue weighted by Crippen LogP contribution is 2.23. The normalized spacial score (nSPS) is 11.7. The molecule has 0 heterocycles. The van der Waals surface area contributed by atoms with Crippen LogP contribution in [0.5, 0.6) is 0 Å². The molecular weight excluding hydrogens is 264 g/mol. The Labute approximate surface area is 123 Å². The molecule has 2 aromatic carbocycles. The summed E-state index contributed by atoms with van der Waals surface area (Å²) in [7, 11) is 0. The number of carbonyl (C=O) groups excluding carboxylic acids is 3. The fraction of sp³-hybridized carbons (Fsp3) is 0.167. The number of Topliss-reactive ketones (excluding diaryl/α,β-unsaturated/α-hetero) is 3. The molecule has 3 heteroatoms. The maximum Gasteiger partial charge on any atom is 0.229 e. The summed E-state index contributed by atoms with van der Waals surface area (Å²) in [5, 5.41) is 0. The van der Waals surface area contributed by atoms with Gasteiger partial charge >= 0.3 is 0 Å². The summed E-state index contributed by atoms with van der Waals surface area (Å²) >= 11 is 0. The van der Waals surface area contributed by atoms with Crippen molar-refractivity contribution in [1.82, 2.24) is 0 Å². The maximum absolute atomic E-state index is 12.5. The van der Waals surface area contributed by atoms with E-state index in [-0.39, 0.29) is 12.2 Å². The second-order valence-corrected chi connectivity index (χ2v) is 4.93. The van der Waals surface area contributed by atoms with E-state index in [1.54, 1.807) is 54.6 Å². The zero-order chi connectivity index (χ0) is 15.2. The van der Waals surface area contributed by atoms with Gasteiger partial charge in [0.05, 0.1) is 5.92 Å². The lowest BCUT2D eigenvalue weighted by molar-refractivity contribution is -0.122. The summed E-state index contributed by atoms with van der Waals surface area (Å²) in [5.41, 5.74) is 1.05. The molecule has 3 nitrogen and oxygen atoms in total. The summed E-state index contributed by atoms with van der Waals surface area (Å²) in [6, 6.07) is 17.4. The first-order valence-corrected chi connectivity index (χ1v) is 6.77. The van der Waals surface area contributed by atoms with Gasteiger partial charge in [-0.3, -0.25) is 14.4 Å². The minimum absolute atomic E-state index is 0.0431. The van der Waals surface area contributed by atoms with E-state index >= 15 is 0 Å². The molecule has 0 N–H and O–H groups in total. The molecular formula is C18H16O3. The lowest BCUT2D eigenvalue weighted by Gasteiger charge is -2.14. The van der Waals surface area contributed by atoms with Crippen molar-refractivity contribution in [3.8, 4) is 0 Å². The van der Waals surface area contributed by atoms with Crippen LogP contribution in [0.1, 0.15) is 35.2 Å². The van der Waals surface area contributed by atoms with Crippen LogP contribution < -0.4 is 0 Å². The summed E-state index contributed by atoms with van der Waals surface area (Å²) in [4.78, 5) is 36.2. The second-order valence-electron chi connectivity index (χ2n) is 4.93. The van der Waals surface area contributed by atoms with Gasteiger partial charge in [0.2, 0.25) is 11.6 Å². The molecule has 2 aromatic rings. The molecule has 21 heavy (non-hydrogen) atoms. The Morgan fingerprint density at radius 1 is 0.857 bits per heavy atom. The molecule has 0 fully saturated rings. The third-order valence-electron chi connectivity index (χ3n) is 3.27. The standard InChI is InChI=1S/C18H16O3/c1-13(19)12-16(14-8-4-2-5-9-14)18(21)17(20)15-10-6-3-7-11-15/h2-11,16H,12H2,1H3. The lowest BCUT2D eigenvalue weighted by Crippen LogP contribution is -2.24. The van der Waals surface area contributed by atoms with E-state index in [1.807, 2.05) is 6.07 Å². The largest absolute Gasteiger partial charge is 0.300 e. The Balaban J connectivity index is 2.31. The summed E-state index contributed by atoms with van der Waals surface area (Å²) < 4.78 is 0. The van der Waals surface area contributed by atoms with Crippen LogP contribution in [0.4, 0.5) is 0 Å². The van der Waals surface area contributed by atoms with E-state index in [0.717, 1.165) is 0 Å². The molecule has 0 radical (unpaired) electrons. The molecule has 1 unspecified atom stereocenters. The van der Waals surface area contributed by atoms with Gasteiger partial charge in [0.25, 0.3) is 0 Å². The quantitative estimate of drug-likeness (QED) is 0.603. The lowest BCUT2D eigenvalue weighted by atomic mass is 9.86. The van der Waals surface area contributed by atoms with Crippen LogP contribution in [0.25, 0.3) is 0 Å². The molecule has 0 aliphatic heterocycles. The minimum Gasteiger partial charge on any atom is -0.300 e. The number of rotatable bonds is 6. The van der Waals surface area contributed by atoms with Crippen molar-refractivity contribution in [2.24, 2.45) is 0 Å². The average Bonchev–Trinajstić information content (AvgIpc) is 2.53. The molecule has 0 spiro atoms. The Bertz CT molecular complexity index is 645. The van der Waals surface area contributed by atoms with Crippen LogP contribution in [-0.2, 0) is 9.59 Å². The van der Waals surface area contributed by atoms with E-state index in [4.69, 9.17) is 0 Å². The monoisotopic (exact) mass is 280 g/mol. The summed E-state index contributed by atoms with van der Waals surface area (Å²) in [6.07, 6.45) is 0.0431. The van der Waals surface area contributed by atoms with Crippen LogP contribution in [0.15, 0.2) is 60.7 Å². The minimum atomic E-state index is -0.712. The summed E-state index contributed by atoms with van der Waals surface area (Å²) in [6.45, 7) is 1.43. The SMILES string of the molecule is CC(=O)CC(C(=O)C(=O)c1ccccc1)c1ccccc1. The van der Waals surface area contributed by atoms with Crippen molar-refractivity contribution in [3.05, 3.63) is 71.8 Å².